The summed E-state index contributed by atoms with van der Waals surface area (Å²) >= 11 is 1.61. The average Bonchev–Trinajstić information content (AvgIpc) is 2.63. The highest BCUT2D eigenvalue weighted by Gasteiger charge is 2.12. The second-order valence-electron chi connectivity index (χ2n) is 6.25. The average molecular weight is 379 g/mol. The number of hydrogen-bond donors (Lipinski definition) is 2. The Morgan fingerprint density at radius 3 is 1.07 bits per heavy atom. The Bertz CT molecular complexity index is 731. The van der Waals surface area contributed by atoms with Gasteiger partial charge in [0.15, 0.2) is 0 Å². The van der Waals surface area contributed by atoms with Gasteiger partial charge in [0, 0.05) is 9.79 Å². The monoisotopic (exact) mass is 378 g/mol. The van der Waals surface area contributed by atoms with Crippen LogP contribution in [0, 0.1) is 0 Å². The van der Waals surface area contributed by atoms with Crippen LogP contribution in [0.15, 0.2) is 84.7 Å². The number of phenols is 2. The highest BCUT2D eigenvalue weighted by molar-refractivity contribution is 7.99. The Kier molecular flexibility index (Phi) is 7.56. The van der Waals surface area contributed by atoms with Gasteiger partial charge in [-0.3, -0.25) is 0 Å². The van der Waals surface area contributed by atoms with Crippen LogP contribution >= 0.6 is 11.8 Å². The molecule has 0 saturated heterocycles. The van der Waals surface area contributed by atoms with Crippen LogP contribution in [0.5, 0.6) is 11.5 Å². The predicted octanol–water partition coefficient (Wildman–Crippen LogP) is 6.16. The largest absolute Gasteiger partial charge is 0.507 e. The van der Waals surface area contributed by atoms with E-state index >= 15 is 0 Å². The fourth-order valence-corrected chi connectivity index (χ4v) is 4.03. The summed E-state index contributed by atoms with van der Waals surface area (Å²) in [6.07, 6.45) is 9.54. The number of hydrogen-bond acceptors (Lipinski definition) is 3. The molecule has 2 rings (SSSR count). The smallest absolute Gasteiger partial charge is 0.122 e. The van der Waals surface area contributed by atoms with E-state index in [0.29, 0.717) is 37.2 Å². The van der Waals surface area contributed by atoms with E-state index in [4.69, 9.17) is 0 Å². The van der Waals surface area contributed by atoms with Gasteiger partial charge in [-0.25, -0.2) is 0 Å². The molecule has 0 heterocycles. The van der Waals surface area contributed by atoms with Gasteiger partial charge >= 0.3 is 0 Å². The van der Waals surface area contributed by atoms with Crippen LogP contribution in [0.3, 0.4) is 0 Å². The maximum atomic E-state index is 10.4. The Morgan fingerprint density at radius 1 is 0.593 bits per heavy atom. The molecule has 0 spiro atoms. The summed E-state index contributed by atoms with van der Waals surface area (Å²) in [5, 5.41) is 20.9. The molecule has 0 unspecified atom stereocenters. The van der Waals surface area contributed by atoms with Gasteiger partial charge in [0.05, 0.1) is 0 Å². The molecule has 0 radical (unpaired) electrons. The second kappa shape index (κ2) is 9.89. The predicted molar refractivity (Wildman–Crippen MR) is 116 cm³/mol. The Morgan fingerprint density at radius 2 is 0.852 bits per heavy atom. The first-order chi connectivity index (χ1) is 13.0. The van der Waals surface area contributed by atoms with Gasteiger partial charge in [-0.15, -0.1) is 26.3 Å². The zero-order chi connectivity index (χ0) is 19.8. The first-order valence-electron chi connectivity index (χ1n) is 8.85. The highest BCUT2D eigenvalue weighted by Crippen LogP contribution is 2.37. The molecule has 27 heavy (non-hydrogen) atoms. The molecule has 0 aliphatic rings. The summed E-state index contributed by atoms with van der Waals surface area (Å²) in [5.41, 5.74) is 3.40. The lowest BCUT2D eigenvalue weighted by molar-refractivity contribution is 0.463. The number of benzene rings is 2. The van der Waals surface area contributed by atoms with E-state index in [0.717, 1.165) is 32.0 Å². The molecule has 0 amide bonds. The van der Waals surface area contributed by atoms with Crippen LogP contribution in [0.4, 0.5) is 0 Å². The number of aromatic hydroxyl groups is 2. The zero-order valence-electron chi connectivity index (χ0n) is 15.6. The van der Waals surface area contributed by atoms with Crippen molar-refractivity contribution in [2.45, 2.75) is 35.5 Å². The van der Waals surface area contributed by atoms with Crippen LogP contribution in [-0.4, -0.2) is 10.2 Å². The molecule has 0 aliphatic carbocycles. The van der Waals surface area contributed by atoms with Crippen molar-refractivity contribution >= 4 is 11.8 Å². The van der Waals surface area contributed by atoms with E-state index in [1.807, 2.05) is 24.3 Å². The third kappa shape index (κ3) is 5.18. The van der Waals surface area contributed by atoms with Crippen molar-refractivity contribution in [1.82, 2.24) is 0 Å². The lowest BCUT2D eigenvalue weighted by Gasteiger charge is -2.14. The van der Waals surface area contributed by atoms with E-state index in [-0.39, 0.29) is 0 Å². The van der Waals surface area contributed by atoms with Crippen LogP contribution in [0.2, 0.25) is 0 Å². The summed E-state index contributed by atoms with van der Waals surface area (Å²) in [5.74, 6) is 0.620. The first kappa shape index (κ1) is 20.7. The SMILES string of the molecule is C=CCc1cc(Sc2cc(CC=C)c(O)c(CC=C)c2)cc(CC=C)c1O. The van der Waals surface area contributed by atoms with Crippen molar-refractivity contribution < 1.29 is 10.2 Å². The maximum Gasteiger partial charge on any atom is 0.122 e. The van der Waals surface area contributed by atoms with Gasteiger partial charge in [0.2, 0.25) is 0 Å². The van der Waals surface area contributed by atoms with Crippen LogP contribution < -0.4 is 0 Å². The molecule has 0 aromatic heterocycles. The van der Waals surface area contributed by atoms with Crippen molar-refractivity contribution in [2.24, 2.45) is 0 Å². The molecule has 2 nitrogen and oxygen atoms in total. The highest BCUT2D eigenvalue weighted by atomic mass is 32.2. The standard InChI is InChI=1S/C24H26O2S/c1-5-9-17-13-21(14-18(10-6-2)23(17)25)27-22-15-19(11-7-3)24(26)20(16-22)12-8-4/h5-8,13-16,25-26H,1-4,9-12H2. The maximum absolute atomic E-state index is 10.4. The van der Waals surface area contributed by atoms with Gasteiger partial charge in [-0.2, -0.15) is 0 Å². The van der Waals surface area contributed by atoms with E-state index in [1.54, 1.807) is 36.1 Å². The molecular weight excluding hydrogens is 352 g/mol. The number of phenolic OH excluding ortho intramolecular Hbond substituents is 2. The van der Waals surface area contributed by atoms with Crippen LogP contribution in [-0.2, 0) is 25.7 Å². The third-order valence-corrected chi connectivity index (χ3v) is 5.12. The molecule has 0 saturated carbocycles. The summed E-state index contributed by atoms with van der Waals surface area (Å²) in [7, 11) is 0. The van der Waals surface area contributed by atoms with Gasteiger partial charge < -0.3 is 10.2 Å². The third-order valence-electron chi connectivity index (χ3n) is 4.18. The minimum Gasteiger partial charge on any atom is -0.507 e. The van der Waals surface area contributed by atoms with Gasteiger partial charge in [-0.05, 0) is 72.2 Å². The lowest BCUT2D eigenvalue weighted by Crippen LogP contribution is -1.93. The van der Waals surface area contributed by atoms with Crippen LogP contribution in [0.25, 0.3) is 0 Å². The summed E-state index contributed by atoms with van der Waals surface area (Å²) in [6, 6.07) is 7.95. The van der Waals surface area contributed by atoms with Crippen molar-refractivity contribution in [3.8, 4) is 11.5 Å². The van der Waals surface area contributed by atoms with Crippen molar-refractivity contribution in [2.75, 3.05) is 0 Å². The van der Waals surface area contributed by atoms with E-state index in [1.165, 1.54) is 0 Å². The number of allylic oxidation sites excluding steroid dienone is 4. The Hall–Kier alpha value is -2.65. The van der Waals surface area contributed by atoms with E-state index in [9.17, 15) is 10.2 Å². The normalized spacial score (nSPS) is 10.4. The molecule has 2 aromatic rings. The molecule has 3 heteroatoms. The molecule has 0 bridgehead atoms. The van der Waals surface area contributed by atoms with Crippen molar-refractivity contribution in [1.29, 1.82) is 0 Å². The van der Waals surface area contributed by atoms with Gasteiger partial charge in [0.25, 0.3) is 0 Å². The van der Waals surface area contributed by atoms with E-state index in [2.05, 4.69) is 26.3 Å². The molecule has 0 atom stereocenters. The topological polar surface area (TPSA) is 40.5 Å². The van der Waals surface area contributed by atoms with Crippen molar-refractivity contribution in [3.05, 3.63) is 97.1 Å². The molecular formula is C24H26O2S. The minimum absolute atomic E-state index is 0.310. The summed E-state index contributed by atoms with van der Waals surface area (Å²) in [4.78, 5) is 2.06. The quantitative estimate of drug-likeness (QED) is 0.486. The molecule has 0 aliphatic heterocycles. The fourth-order valence-electron chi connectivity index (χ4n) is 2.95. The lowest BCUT2D eigenvalue weighted by atomic mass is 10.0. The van der Waals surface area contributed by atoms with E-state index < -0.39 is 0 Å². The minimum atomic E-state index is 0.310. The Labute approximate surface area is 166 Å². The summed E-state index contributed by atoms with van der Waals surface area (Å²) < 4.78 is 0. The van der Waals surface area contributed by atoms with Gasteiger partial charge in [-0.1, -0.05) is 36.1 Å². The molecule has 2 N–H and O–H groups in total. The Balaban J connectivity index is 2.48. The molecule has 2 aromatic carbocycles. The van der Waals surface area contributed by atoms with Crippen molar-refractivity contribution in [3.63, 3.8) is 0 Å². The van der Waals surface area contributed by atoms with Gasteiger partial charge in [0.1, 0.15) is 11.5 Å². The molecule has 0 fully saturated rings. The molecule has 140 valence electrons. The summed E-state index contributed by atoms with van der Waals surface area (Å²) in [6.45, 7) is 15.1. The second-order valence-corrected chi connectivity index (χ2v) is 7.40. The first-order valence-corrected chi connectivity index (χ1v) is 9.66. The zero-order valence-corrected chi connectivity index (χ0v) is 16.4. The number of rotatable bonds is 10. The van der Waals surface area contributed by atoms with Crippen LogP contribution in [0.1, 0.15) is 22.3 Å². The fraction of sp³-hybridized carbons (Fsp3) is 0.167.